The molecule has 0 saturated heterocycles. The van der Waals surface area contributed by atoms with Gasteiger partial charge in [-0.2, -0.15) is 0 Å². The van der Waals surface area contributed by atoms with E-state index >= 15 is 0 Å². The fraction of sp³-hybridized carbons (Fsp3) is 0.684. The summed E-state index contributed by atoms with van der Waals surface area (Å²) in [5.41, 5.74) is 3.52. The van der Waals surface area contributed by atoms with E-state index in [-0.39, 0.29) is 5.41 Å². The predicted molar refractivity (Wildman–Crippen MR) is 94.1 cm³/mol. The summed E-state index contributed by atoms with van der Waals surface area (Å²) in [5.74, 6) is 0.482. The Morgan fingerprint density at radius 2 is 2.10 bits per heavy atom. The minimum absolute atomic E-state index is 0.157. The van der Waals surface area contributed by atoms with Gasteiger partial charge in [0.25, 0.3) is 0 Å². The van der Waals surface area contributed by atoms with Crippen molar-refractivity contribution in [1.29, 1.82) is 0 Å². The van der Waals surface area contributed by atoms with Gasteiger partial charge in [0, 0.05) is 38.3 Å². The molecule has 0 fully saturated rings. The molecule has 0 aromatic heterocycles. The Hall–Kier alpha value is -1.11. The minimum atomic E-state index is 0.157. The van der Waals surface area contributed by atoms with E-state index in [9.17, 15) is 0 Å². The molecule has 2 nitrogen and oxygen atoms in total. The monoisotopic (exact) mass is 291 g/mol. The van der Waals surface area contributed by atoms with E-state index in [4.69, 9.17) is 4.74 Å². The summed E-state index contributed by atoms with van der Waals surface area (Å²) in [5, 5.41) is 0. The van der Waals surface area contributed by atoms with Crippen molar-refractivity contribution in [1.82, 2.24) is 0 Å². The van der Waals surface area contributed by atoms with Gasteiger partial charge in [-0.3, -0.25) is 0 Å². The molecule has 0 spiro atoms. The first-order chi connectivity index (χ1) is 10.1. The van der Waals surface area contributed by atoms with Gasteiger partial charge in [0.05, 0.1) is 0 Å². The van der Waals surface area contributed by atoms with E-state index in [1.54, 1.807) is 7.11 Å². The highest BCUT2D eigenvalue weighted by Gasteiger charge is 2.16. The molecule has 0 amide bonds. The highest BCUT2D eigenvalue weighted by atomic mass is 16.5. The molecule has 0 aliphatic heterocycles. The minimum Gasteiger partial charge on any atom is -0.385 e. The number of methoxy groups -OCH3 is 1. The van der Waals surface area contributed by atoms with Crippen LogP contribution < -0.4 is 0 Å². The number of hydrogen-bond acceptors (Lipinski definition) is 2. The van der Waals surface area contributed by atoms with Crippen LogP contribution in [0.1, 0.15) is 52.9 Å². The molecule has 0 N–H and O–H groups in total. The Labute approximate surface area is 131 Å². The lowest BCUT2D eigenvalue weighted by Gasteiger charge is -2.20. The van der Waals surface area contributed by atoms with Crippen LogP contribution in [0.25, 0.3) is 0 Å². The molecule has 0 radical (unpaired) electrons. The van der Waals surface area contributed by atoms with E-state index in [1.165, 1.54) is 6.42 Å². The van der Waals surface area contributed by atoms with E-state index in [0.29, 0.717) is 5.92 Å². The summed E-state index contributed by atoms with van der Waals surface area (Å²) in [4.78, 5) is 4.17. The van der Waals surface area contributed by atoms with Crippen LogP contribution in [-0.2, 0) is 4.74 Å². The lowest BCUT2D eigenvalue weighted by Crippen LogP contribution is -2.15. The zero-order valence-corrected chi connectivity index (χ0v) is 14.6. The fourth-order valence-electron chi connectivity index (χ4n) is 2.19. The summed E-state index contributed by atoms with van der Waals surface area (Å²) in [6, 6.07) is 0. The van der Waals surface area contributed by atoms with Gasteiger partial charge in [-0.1, -0.05) is 32.4 Å². The largest absolute Gasteiger partial charge is 0.385 e. The lowest BCUT2D eigenvalue weighted by molar-refractivity contribution is 0.191. The van der Waals surface area contributed by atoms with Crippen molar-refractivity contribution in [3.63, 3.8) is 0 Å². The van der Waals surface area contributed by atoms with Crippen LogP contribution in [0.2, 0.25) is 0 Å². The number of unbranched alkanes of at least 4 members (excludes halogenated alkanes) is 1. The molecule has 120 valence electrons. The number of allylic oxidation sites excluding steroid dienone is 3. The lowest BCUT2D eigenvalue weighted by atomic mass is 9.85. The summed E-state index contributed by atoms with van der Waals surface area (Å²) < 4.78 is 5.09. The fourth-order valence-corrected chi connectivity index (χ4v) is 2.19. The predicted octanol–water partition coefficient (Wildman–Crippen LogP) is 5.21. The molecule has 0 heterocycles. The average Bonchev–Trinajstić information content (AvgIpc) is 2.48. The summed E-state index contributed by atoms with van der Waals surface area (Å²) in [6.07, 6.45) is 16.3. The molecule has 0 aromatic carbocycles. The summed E-state index contributed by atoms with van der Waals surface area (Å²) >= 11 is 0. The molecular formula is C19H33NO. The van der Waals surface area contributed by atoms with Gasteiger partial charge in [-0.15, -0.1) is 5.73 Å². The van der Waals surface area contributed by atoms with E-state index in [0.717, 1.165) is 32.3 Å². The van der Waals surface area contributed by atoms with E-state index < -0.39 is 0 Å². The molecule has 21 heavy (non-hydrogen) atoms. The van der Waals surface area contributed by atoms with Crippen LogP contribution >= 0.6 is 0 Å². The molecule has 0 rings (SSSR count). The van der Waals surface area contributed by atoms with Gasteiger partial charge < -0.3 is 9.73 Å². The Morgan fingerprint density at radius 3 is 2.67 bits per heavy atom. The Bertz CT molecular complexity index is 364. The summed E-state index contributed by atoms with van der Waals surface area (Å²) in [7, 11) is 3.60. The topological polar surface area (TPSA) is 21.6 Å². The van der Waals surface area contributed by atoms with Gasteiger partial charge in [0.1, 0.15) is 0 Å². The number of nitrogens with zero attached hydrogens (tertiary/aromatic N) is 1. The van der Waals surface area contributed by atoms with E-state index in [1.807, 2.05) is 7.05 Å². The maximum Gasteiger partial charge on any atom is 0.0462 e. The average molecular weight is 291 g/mol. The van der Waals surface area contributed by atoms with Gasteiger partial charge in [-0.05, 0) is 44.8 Å². The highest BCUT2D eigenvalue weighted by Crippen LogP contribution is 2.23. The van der Waals surface area contributed by atoms with Gasteiger partial charge in [-0.25, -0.2) is 0 Å². The van der Waals surface area contributed by atoms with Gasteiger partial charge in [0.2, 0.25) is 0 Å². The third-order valence-electron chi connectivity index (χ3n) is 3.82. The van der Waals surface area contributed by atoms with Crippen molar-refractivity contribution in [3.05, 3.63) is 30.0 Å². The highest BCUT2D eigenvalue weighted by molar-refractivity contribution is 5.65. The maximum atomic E-state index is 5.09. The first kappa shape index (κ1) is 19.9. The van der Waals surface area contributed by atoms with Crippen LogP contribution in [0, 0.1) is 11.3 Å². The zero-order chi connectivity index (χ0) is 16.0. The quantitative estimate of drug-likeness (QED) is 0.221. The van der Waals surface area contributed by atoms with Crippen molar-refractivity contribution in [2.24, 2.45) is 16.3 Å². The van der Waals surface area contributed by atoms with Crippen LogP contribution in [0.15, 0.2) is 35.0 Å². The van der Waals surface area contributed by atoms with Crippen LogP contribution in [0.4, 0.5) is 0 Å². The van der Waals surface area contributed by atoms with Crippen LogP contribution in [-0.4, -0.2) is 27.0 Å². The Morgan fingerprint density at radius 1 is 1.33 bits per heavy atom. The third kappa shape index (κ3) is 10.3. The molecular weight excluding hydrogens is 258 g/mol. The third-order valence-corrected chi connectivity index (χ3v) is 3.82. The van der Waals surface area contributed by atoms with Crippen molar-refractivity contribution in [3.8, 4) is 0 Å². The zero-order valence-electron chi connectivity index (χ0n) is 14.6. The number of rotatable bonds is 11. The Balaban J connectivity index is 4.44. The van der Waals surface area contributed by atoms with Gasteiger partial charge in [0.15, 0.2) is 0 Å². The summed E-state index contributed by atoms with van der Waals surface area (Å²) in [6.45, 7) is 7.38. The first-order valence-corrected chi connectivity index (χ1v) is 8.08. The molecule has 2 heteroatoms. The molecule has 0 bridgehead atoms. The molecule has 0 aliphatic rings. The second kappa shape index (κ2) is 12.6. The smallest absolute Gasteiger partial charge is 0.0462 e. The number of ether oxygens (including phenoxy) is 1. The maximum absolute atomic E-state index is 5.09. The normalized spacial score (nSPS) is 15.9. The number of hydrogen-bond donors (Lipinski definition) is 0. The van der Waals surface area contributed by atoms with Crippen LogP contribution in [0.5, 0.6) is 0 Å². The van der Waals surface area contributed by atoms with E-state index in [2.05, 4.69) is 62.0 Å². The first-order valence-electron chi connectivity index (χ1n) is 8.08. The SMILES string of the molecule is C/C=C\C(C=C=CC[C@](C)(/C=N\C)CC)CCCCOC. The molecule has 0 aliphatic carbocycles. The van der Waals surface area contributed by atoms with Crippen molar-refractivity contribution in [2.75, 3.05) is 20.8 Å². The molecule has 0 saturated carbocycles. The Kier molecular flexibility index (Phi) is 12.0. The molecule has 0 aromatic rings. The van der Waals surface area contributed by atoms with Crippen molar-refractivity contribution < 1.29 is 4.74 Å². The van der Waals surface area contributed by atoms with Crippen LogP contribution in [0.3, 0.4) is 0 Å². The van der Waals surface area contributed by atoms with Crippen molar-refractivity contribution in [2.45, 2.75) is 52.9 Å². The second-order valence-corrected chi connectivity index (χ2v) is 5.81. The molecule has 1 unspecified atom stereocenters. The van der Waals surface area contributed by atoms with Crippen molar-refractivity contribution >= 4 is 6.21 Å². The number of aliphatic imine (C=N–C) groups is 1. The second-order valence-electron chi connectivity index (χ2n) is 5.81. The molecule has 2 atom stereocenters. The van der Waals surface area contributed by atoms with Gasteiger partial charge >= 0.3 is 0 Å². The standard InChI is InChI=1S/C19H33NO/c1-6-12-18(14-9-11-16-21-5)13-8-10-15-19(3,7-2)17-20-4/h6,10,12-13,17-18H,7,9,11,14-16H2,1-5H3/b12-6-,20-17-/t8?,18?,19-/m1/s1.